The zero-order chi connectivity index (χ0) is 14.2. The minimum absolute atomic E-state index is 0.0192. The van der Waals surface area contributed by atoms with E-state index >= 15 is 0 Å². The highest BCUT2D eigenvalue weighted by Gasteiger charge is 2.29. The Morgan fingerprint density at radius 2 is 2.26 bits per heavy atom. The van der Waals surface area contributed by atoms with E-state index in [4.69, 9.17) is 0 Å². The maximum atomic E-state index is 11.5. The molecular weight excluding hydrogens is 292 g/mol. The van der Waals surface area contributed by atoms with Gasteiger partial charge in [0.25, 0.3) is 0 Å². The van der Waals surface area contributed by atoms with Gasteiger partial charge in [-0.2, -0.15) is 0 Å². The topological polar surface area (TPSA) is 101 Å². The number of sulfone groups is 1. The van der Waals surface area contributed by atoms with E-state index in [1.54, 1.807) is 4.90 Å². The van der Waals surface area contributed by atoms with Crippen molar-refractivity contribution in [2.24, 2.45) is 0 Å². The molecule has 7 nitrogen and oxygen atoms in total. The van der Waals surface area contributed by atoms with Gasteiger partial charge in [0.05, 0.1) is 11.0 Å². The van der Waals surface area contributed by atoms with E-state index in [1.165, 1.54) is 0 Å². The zero-order valence-corrected chi connectivity index (χ0v) is 11.9. The lowest BCUT2D eigenvalue weighted by molar-refractivity contribution is -0.383. The first kappa shape index (κ1) is 14.2. The molecule has 1 saturated heterocycles. The number of nitrogens with zero attached hydrogens (tertiary/aromatic N) is 2. The highest BCUT2D eigenvalue weighted by molar-refractivity contribution is 7.92. The quantitative estimate of drug-likeness (QED) is 0.661. The van der Waals surface area contributed by atoms with Gasteiger partial charge in [-0.05, 0) is 12.8 Å². The predicted molar refractivity (Wildman–Crippen MR) is 71.5 cm³/mol. The number of anilines is 1. The van der Waals surface area contributed by atoms with Crippen molar-refractivity contribution in [3.05, 3.63) is 16.2 Å². The standard InChI is InChI=1S/C10H14N2O5S2/c1-19(16,17)9-5-8(12(14)15)10(18-9)11-4-2-3-7(13)6-11/h5,7,13H,2-4,6H2,1H3. The first-order valence-corrected chi connectivity index (χ1v) is 8.41. The van der Waals surface area contributed by atoms with Crippen LogP contribution in [0.4, 0.5) is 10.7 Å². The van der Waals surface area contributed by atoms with E-state index in [0.29, 0.717) is 24.5 Å². The van der Waals surface area contributed by atoms with Gasteiger partial charge in [-0.1, -0.05) is 11.3 Å². The van der Waals surface area contributed by atoms with Crippen LogP contribution >= 0.6 is 11.3 Å². The van der Waals surface area contributed by atoms with E-state index in [0.717, 1.165) is 30.1 Å². The predicted octanol–water partition coefficient (Wildman–Crippen LogP) is 1.02. The smallest absolute Gasteiger partial charge is 0.305 e. The number of thiophene rings is 1. The van der Waals surface area contributed by atoms with Crippen molar-refractivity contribution in [3.63, 3.8) is 0 Å². The molecule has 1 aromatic rings. The van der Waals surface area contributed by atoms with Gasteiger partial charge in [0, 0.05) is 25.4 Å². The average molecular weight is 306 g/mol. The summed E-state index contributed by atoms with van der Waals surface area (Å²) in [5.74, 6) is 0. The van der Waals surface area contributed by atoms with Crippen molar-refractivity contribution < 1.29 is 18.4 Å². The Balaban J connectivity index is 2.43. The van der Waals surface area contributed by atoms with Crippen LogP contribution in [0.2, 0.25) is 0 Å². The van der Waals surface area contributed by atoms with Gasteiger partial charge in [0.15, 0.2) is 14.8 Å². The second kappa shape index (κ2) is 5.06. The number of piperidine rings is 1. The fraction of sp³-hybridized carbons (Fsp3) is 0.600. The molecule has 0 amide bonds. The molecule has 1 N–H and O–H groups in total. The fourth-order valence-electron chi connectivity index (χ4n) is 2.03. The van der Waals surface area contributed by atoms with E-state index < -0.39 is 20.9 Å². The molecule has 106 valence electrons. The summed E-state index contributed by atoms with van der Waals surface area (Å²) in [5, 5.41) is 20.9. The minimum atomic E-state index is -3.47. The molecule has 0 bridgehead atoms. The Labute approximate surface area is 114 Å². The van der Waals surface area contributed by atoms with Crippen LogP contribution in [0.3, 0.4) is 0 Å². The number of hydrogen-bond donors (Lipinski definition) is 1. The number of aliphatic hydroxyl groups is 1. The van der Waals surface area contributed by atoms with Gasteiger partial charge in [0.1, 0.15) is 4.21 Å². The summed E-state index contributed by atoms with van der Waals surface area (Å²) in [4.78, 5) is 12.1. The van der Waals surface area contributed by atoms with E-state index in [2.05, 4.69) is 0 Å². The van der Waals surface area contributed by atoms with Crippen LogP contribution in [0.25, 0.3) is 0 Å². The van der Waals surface area contributed by atoms with Crippen LogP contribution in [0.1, 0.15) is 12.8 Å². The van der Waals surface area contributed by atoms with Gasteiger partial charge in [-0.15, -0.1) is 0 Å². The van der Waals surface area contributed by atoms with Crippen LogP contribution in [0.5, 0.6) is 0 Å². The molecule has 2 heterocycles. The Kier molecular flexibility index (Phi) is 3.79. The Bertz CT molecular complexity index is 595. The van der Waals surface area contributed by atoms with Gasteiger partial charge < -0.3 is 10.0 Å². The van der Waals surface area contributed by atoms with Crippen molar-refractivity contribution >= 4 is 31.9 Å². The zero-order valence-electron chi connectivity index (χ0n) is 10.3. The maximum absolute atomic E-state index is 11.5. The van der Waals surface area contributed by atoms with Crippen molar-refractivity contribution in [3.8, 4) is 0 Å². The molecule has 0 aromatic carbocycles. The summed E-state index contributed by atoms with van der Waals surface area (Å²) < 4.78 is 23.0. The lowest BCUT2D eigenvalue weighted by Gasteiger charge is -2.30. The minimum Gasteiger partial charge on any atom is -0.391 e. The van der Waals surface area contributed by atoms with Crippen molar-refractivity contribution in [1.29, 1.82) is 0 Å². The lowest BCUT2D eigenvalue weighted by Crippen LogP contribution is -2.38. The van der Waals surface area contributed by atoms with Gasteiger partial charge in [-0.3, -0.25) is 10.1 Å². The Hall–Kier alpha value is -1.19. The molecule has 9 heteroatoms. The Morgan fingerprint density at radius 1 is 1.58 bits per heavy atom. The first-order valence-electron chi connectivity index (χ1n) is 5.70. The third-order valence-electron chi connectivity index (χ3n) is 2.92. The summed E-state index contributed by atoms with van der Waals surface area (Å²) in [5.41, 5.74) is -0.209. The van der Waals surface area contributed by atoms with Gasteiger partial charge in [-0.25, -0.2) is 8.42 Å². The fourth-order valence-corrected chi connectivity index (χ4v) is 4.09. The first-order chi connectivity index (χ1) is 8.79. The van der Waals surface area contributed by atoms with Crippen LogP contribution in [0, 0.1) is 10.1 Å². The van der Waals surface area contributed by atoms with Crippen LogP contribution in [-0.4, -0.2) is 43.9 Å². The molecule has 2 rings (SSSR count). The molecule has 1 aliphatic rings. The number of hydrogen-bond acceptors (Lipinski definition) is 7. The Morgan fingerprint density at radius 3 is 2.79 bits per heavy atom. The molecule has 19 heavy (non-hydrogen) atoms. The van der Waals surface area contributed by atoms with Crippen molar-refractivity contribution in [2.45, 2.75) is 23.2 Å². The summed E-state index contributed by atoms with van der Waals surface area (Å²) in [7, 11) is -3.47. The molecule has 0 spiro atoms. The van der Waals surface area contributed by atoms with Crippen molar-refractivity contribution in [2.75, 3.05) is 24.2 Å². The van der Waals surface area contributed by atoms with E-state index in [9.17, 15) is 23.6 Å². The molecular formula is C10H14N2O5S2. The largest absolute Gasteiger partial charge is 0.391 e. The molecule has 0 aliphatic carbocycles. The third kappa shape index (κ3) is 3.04. The SMILES string of the molecule is CS(=O)(=O)c1cc([N+](=O)[O-])c(N2CCCC(O)C2)s1. The molecule has 1 aliphatic heterocycles. The summed E-state index contributed by atoms with van der Waals surface area (Å²) in [6, 6.07) is 1.09. The lowest BCUT2D eigenvalue weighted by atomic mass is 10.1. The number of nitro groups is 1. The third-order valence-corrected chi connectivity index (χ3v) is 5.90. The summed E-state index contributed by atoms with van der Waals surface area (Å²) >= 11 is 0.889. The maximum Gasteiger partial charge on any atom is 0.305 e. The van der Waals surface area contributed by atoms with Gasteiger partial charge in [0.2, 0.25) is 0 Å². The molecule has 0 radical (unpaired) electrons. The highest BCUT2D eigenvalue weighted by Crippen LogP contribution is 2.40. The van der Waals surface area contributed by atoms with Crippen LogP contribution in [-0.2, 0) is 9.84 Å². The second-order valence-electron chi connectivity index (χ2n) is 4.53. The van der Waals surface area contributed by atoms with Crippen molar-refractivity contribution in [1.82, 2.24) is 0 Å². The molecule has 1 unspecified atom stereocenters. The normalized spacial score (nSPS) is 20.5. The monoisotopic (exact) mass is 306 g/mol. The average Bonchev–Trinajstić information content (AvgIpc) is 2.73. The number of β-amino-alcohol motifs (C(OH)–C–C–N with tert-alkyl or cyclic N) is 1. The number of aliphatic hydroxyl groups excluding tert-OH is 1. The molecule has 1 atom stereocenters. The summed E-state index contributed by atoms with van der Waals surface area (Å²) in [6.07, 6.45) is 1.88. The molecule has 1 fully saturated rings. The van der Waals surface area contributed by atoms with Gasteiger partial charge >= 0.3 is 5.69 Å². The number of rotatable bonds is 3. The van der Waals surface area contributed by atoms with Crippen LogP contribution < -0.4 is 4.90 Å². The molecule has 0 saturated carbocycles. The second-order valence-corrected chi connectivity index (χ2v) is 7.80. The van der Waals surface area contributed by atoms with E-state index in [-0.39, 0.29) is 9.90 Å². The molecule has 1 aromatic heterocycles. The van der Waals surface area contributed by atoms with E-state index in [1.807, 2.05) is 0 Å². The van der Waals surface area contributed by atoms with Crippen LogP contribution in [0.15, 0.2) is 10.3 Å². The highest BCUT2D eigenvalue weighted by atomic mass is 32.2. The summed E-state index contributed by atoms with van der Waals surface area (Å²) in [6.45, 7) is 0.881.